The van der Waals surface area contributed by atoms with Crippen LogP contribution in [-0.4, -0.2) is 15.7 Å². The van der Waals surface area contributed by atoms with Gasteiger partial charge < -0.3 is 5.32 Å². The fourth-order valence-electron chi connectivity index (χ4n) is 2.89. The molecule has 3 rings (SSSR count). The molecule has 0 aliphatic heterocycles. The van der Waals surface area contributed by atoms with Gasteiger partial charge in [-0.25, -0.2) is 0 Å². The van der Waals surface area contributed by atoms with Crippen molar-refractivity contribution in [1.29, 1.82) is 0 Å². The second kappa shape index (κ2) is 6.71. The van der Waals surface area contributed by atoms with Crippen molar-refractivity contribution in [1.82, 2.24) is 9.78 Å². The molecule has 0 fully saturated rings. The Morgan fingerprint density at radius 1 is 1.04 bits per heavy atom. The number of nitrogens with zero attached hydrogens (tertiary/aromatic N) is 2. The minimum atomic E-state index is -0.0300. The minimum absolute atomic E-state index is 0.0300. The number of carbonyl (C=O) groups is 1. The zero-order chi connectivity index (χ0) is 17.1. The molecular weight excluding hydrogens is 298 g/mol. The molecule has 0 atom stereocenters. The summed E-state index contributed by atoms with van der Waals surface area (Å²) in [6.45, 7) is 3.92. The summed E-state index contributed by atoms with van der Waals surface area (Å²) < 4.78 is 1.82. The van der Waals surface area contributed by atoms with Gasteiger partial charge in [-0.15, -0.1) is 0 Å². The lowest BCUT2D eigenvalue weighted by Crippen LogP contribution is -2.16. The zero-order valence-electron chi connectivity index (χ0n) is 14.2. The highest BCUT2D eigenvalue weighted by molar-refractivity contribution is 5.96. The number of benzene rings is 2. The third-order valence-corrected chi connectivity index (χ3v) is 4.28. The van der Waals surface area contributed by atoms with Gasteiger partial charge in [0.1, 0.15) is 0 Å². The van der Waals surface area contributed by atoms with Gasteiger partial charge in [-0.3, -0.25) is 9.48 Å². The Morgan fingerprint density at radius 3 is 2.38 bits per heavy atom. The Labute approximate surface area is 142 Å². The molecule has 0 unspecified atom stereocenters. The lowest BCUT2D eigenvalue weighted by atomic mass is 10.0. The Balaban J connectivity index is 1.83. The van der Waals surface area contributed by atoms with E-state index in [9.17, 15) is 4.79 Å². The molecule has 1 heterocycles. The van der Waals surface area contributed by atoms with Crippen molar-refractivity contribution < 1.29 is 4.79 Å². The largest absolute Gasteiger partial charge is 0.325 e. The van der Waals surface area contributed by atoms with Gasteiger partial charge in [0.2, 0.25) is 5.91 Å². The maximum Gasteiger partial charge on any atom is 0.228 e. The molecule has 122 valence electrons. The van der Waals surface area contributed by atoms with Crippen LogP contribution in [-0.2, 0) is 18.3 Å². The quantitative estimate of drug-likeness (QED) is 0.793. The van der Waals surface area contributed by atoms with E-state index in [0.717, 1.165) is 33.8 Å². The zero-order valence-corrected chi connectivity index (χ0v) is 14.2. The lowest BCUT2D eigenvalue weighted by Gasteiger charge is -2.11. The van der Waals surface area contributed by atoms with Crippen LogP contribution in [0, 0.1) is 13.8 Å². The van der Waals surface area contributed by atoms with E-state index in [-0.39, 0.29) is 5.91 Å². The van der Waals surface area contributed by atoms with E-state index in [0.29, 0.717) is 6.42 Å². The summed E-state index contributed by atoms with van der Waals surface area (Å²) in [7, 11) is 1.90. The van der Waals surface area contributed by atoms with Crippen molar-refractivity contribution in [2.75, 3.05) is 5.32 Å². The first kappa shape index (κ1) is 16.0. The summed E-state index contributed by atoms with van der Waals surface area (Å²) in [5, 5.41) is 7.42. The van der Waals surface area contributed by atoms with Crippen molar-refractivity contribution in [3.05, 3.63) is 71.5 Å². The fraction of sp³-hybridized carbons (Fsp3) is 0.200. The van der Waals surface area contributed by atoms with E-state index >= 15 is 0 Å². The van der Waals surface area contributed by atoms with Crippen LogP contribution in [0.25, 0.3) is 11.1 Å². The van der Waals surface area contributed by atoms with Crippen LogP contribution >= 0.6 is 0 Å². The molecule has 2 aromatic carbocycles. The van der Waals surface area contributed by atoms with Crippen LogP contribution < -0.4 is 5.32 Å². The topological polar surface area (TPSA) is 46.9 Å². The number of hydrogen-bond donors (Lipinski definition) is 1. The van der Waals surface area contributed by atoms with Crippen molar-refractivity contribution >= 4 is 11.6 Å². The predicted molar refractivity (Wildman–Crippen MR) is 96.9 cm³/mol. The Kier molecular flexibility index (Phi) is 4.47. The first-order valence-electron chi connectivity index (χ1n) is 7.99. The van der Waals surface area contributed by atoms with E-state index in [4.69, 9.17) is 0 Å². The summed E-state index contributed by atoms with van der Waals surface area (Å²) in [6.07, 6.45) is 0.328. The van der Waals surface area contributed by atoms with E-state index in [1.807, 2.05) is 80.2 Å². The van der Waals surface area contributed by atoms with Gasteiger partial charge in [0.25, 0.3) is 0 Å². The molecule has 4 heteroatoms. The smallest absolute Gasteiger partial charge is 0.228 e. The number of nitrogens with one attached hydrogen (secondary N) is 1. The molecule has 1 N–H and O–H groups in total. The van der Waals surface area contributed by atoms with Crippen LogP contribution in [0.4, 0.5) is 5.69 Å². The van der Waals surface area contributed by atoms with Crippen LogP contribution in [0.15, 0.2) is 54.6 Å². The molecule has 0 bridgehead atoms. The molecule has 1 aromatic heterocycles. The van der Waals surface area contributed by atoms with Gasteiger partial charge in [0.15, 0.2) is 0 Å². The molecule has 4 nitrogen and oxygen atoms in total. The number of amides is 1. The maximum atomic E-state index is 12.5. The van der Waals surface area contributed by atoms with Crippen molar-refractivity contribution in [3.8, 4) is 11.1 Å². The number of para-hydroxylation sites is 1. The van der Waals surface area contributed by atoms with E-state index in [2.05, 4.69) is 10.4 Å². The van der Waals surface area contributed by atoms with Crippen LogP contribution in [0.1, 0.15) is 17.0 Å². The number of hydrogen-bond acceptors (Lipinski definition) is 2. The monoisotopic (exact) mass is 319 g/mol. The molecule has 0 saturated heterocycles. The van der Waals surface area contributed by atoms with Crippen molar-refractivity contribution in [3.63, 3.8) is 0 Å². The minimum Gasteiger partial charge on any atom is -0.325 e. The van der Waals surface area contributed by atoms with Gasteiger partial charge in [0, 0.05) is 29.6 Å². The highest BCUT2D eigenvalue weighted by Crippen LogP contribution is 2.27. The summed E-state index contributed by atoms with van der Waals surface area (Å²) >= 11 is 0. The van der Waals surface area contributed by atoms with Crippen molar-refractivity contribution in [2.45, 2.75) is 20.3 Å². The summed E-state index contributed by atoms with van der Waals surface area (Å²) in [5.41, 5.74) is 5.86. The van der Waals surface area contributed by atoms with Gasteiger partial charge in [-0.1, -0.05) is 48.5 Å². The molecular formula is C20H21N3O. The van der Waals surface area contributed by atoms with Crippen LogP contribution in [0.5, 0.6) is 0 Å². The number of anilines is 1. The summed E-state index contributed by atoms with van der Waals surface area (Å²) in [6, 6.07) is 17.9. The maximum absolute atomic E-state index is 12.5. The fourth-order valence-corrected chi connectivity index (χ4v) is 2.89. The van der Waals surface area contributed by atoms with E-state index < -0.39 is 0 Å². The van der Waals surface area contributed by atoms with Gasteiger partial charge in [-0.2, -0.15) is 5.10 Å². The molecule has 1 amide bonds. The van der Waals surface area contributed by atoms with Gasteiger partial charge in [-0.05, 0) is 25.5 Å². The lowest BCUT2D eigenvalue weighted by molar-refractivity contribution is -0.115. The second-order valence-corrected chi connectivity index (χ2v) is 5.91. The second-order valence-electron chi connectivity index (χ2n) is 5.91. The molecule has 0 spiro atoms. The standard InChI is InChI=1S/C20H21N3O/c1-14-18(15(2)23(3)22-14)13-20(24)21-19-12-8-7-11-17(19)16-9-5-4-6-10-16/h4-12H,13H2,1-3H3,(H,21,24). The van der Waals surface area contributed by atoms with Crippen LogP contribution in [0.3, 0.4) is 0 Å². The predicted octanol–water partition coefficient (Wildman–Crippen LogP) is 3.89. The molecule has 3 aromatic rings. The Bertz CT molecular complexity index is 866. The number of aryl methyl sites for hydroxylation is 2. The first-order chi connectivity index (χ1) is 11.6. The van der Waals surface area contributed by atoms with E-state index in [1.54, 1.807) is 0 Å². The average molecular weight is 319 g/mol. The van der Waals surface area contributed by atoms with Gasteiger partial charge in [0.05, 0.1) is 12.1 Å². The SMILES string of the molecule is Cc1nn(C)c(C)c1CC(=O)Nc1ccccc1-c1ccccc1. The third-order valence-electron chi connectivity index (χ3n) is 4.28. The molecule has 0 aliphatic carbocycles. The molecule has 24 heavy (non-hydrogen) atoms. The number of rotatable bonds is 4. The first-order valence-corrected chi connectivity index (χ1v) is 7.99. The molecule has 0 radical (unpaired) electrons. The normalized spacial score (nSPS) is 10.6. The number of carbonyl (C=O) groups excluding carboxylic acids is 1. The Hall–Kier alpha value is -2.88. The number of aromatic nitrogens is 2. The van der Waals surface area contributed by atoms with Crippen LogP contribution in [0.2, 0.25) is 0 Å². The highest BCUT2D eigenvalue weighted by atomic mass is 16.1. The summed E-state index contributed by atoms with van der Waals surface area (Å²) in [4.78, 5) is 12.5. The highest BCUT2D eigenvalue weighted by Gasteiger charge is 2.14. The van der Waals surface area contributed by atoms with E-state index in [1.165, 1.54) is 0 Å². The third kappa shape index (κ3) is 3.23. The van der Waals surface area contributed by atoms with Gasteiger partial charge >= 0.3 is 0 Å². The summed E-state index contributed by atoms with van der Waals surface area (Å²) in [5.74, 6) is -0.0300. The molecule has 0 aliphatic rings. The average Bonchev–Trinajstić information content (AvgIpc) is 2.82. The van der Waals surface area contributed by atoms with Crippen molar-refractivity contribution in [2.24, 2.45) is 7.05 Å². The Morgan fingerprint density at radius 2 is 1.71 bits per heavy atom. The molecule has 0 saturated carbocycles.